The first-order valence-corrected chi connectivity index (χ1v) is 5.74. The Kier molecular flexibility index (Phi) is 3.17. The molecule has 2 rings (SSSR count). The zero-order valence-electron chi connectivity index (χ0n) is 8.89. The molecule has 0 bridgehead atoms. The molecule has 2 nitrogen and oxygen atoms in total. The number of phenolic OH excluding ortho intramolecular Hbond substituents is 1. The minimum Gasteiger partial charge on any atom is -0.506 e. The van der Waals surface area contributed by atoms with Crippen molar-refractivity contribution < 1.29 is 5.11 Å². The Balaban J connectivity index is 2.17. The highest BCUT2D eigenvalue weighted by Crippen LogP contribution is 2.32. The van der Waals surface area contributed by atoms with E-state index in [1.54, 1.807) is 0 Å². The number of rotatable bonds is 2. The summed E-state index contributed by atoms with van der Waals surface area (Å²) >= 11 is 6.11. The summed E-state index contributed by atoms with van der Waals surface area (Å²) in [6, 6.07) is 3.95. The topological polar surface area (TPSA) is 32.3 Å². The van der Waals surface area contributed by atoms with E-state index in [2.05, 4.69) is 5.32 Å². The molecule has 1 aromatic rings. The van der Waals surface area contributed by atoms with Crippen molar-refractivity contribution in [2.45, 2.75) is 19.8 Å². The van der Waals surface area contributed by atoms with E-state index in [4.69, 9.17) is 11.6 Å². The number of aromatic hydroxyl groups is 1. The molecule has 0 saturated carbocycles. The fourth-order valence-corrected chi connectivity index (χ4v) is 2.35. The molecular formula is C12H16ClNO. The van der Waals surface area contributed by atoms with Crippen LogP contribution in [0.1, 0.15) is 17.5 Å². The van der Waals surface area contributed by atoms with Crippen LogP contribution in [0, 0.1) is 12.8 Å². The van der Waals surface area contributed by atoms with Gasteiger partial charge in [0.15, 0.2) is 0 Å². The molecular weight excluding hydrogens is 210 g/mol. The molecule has 1 saturated heterocycles. The largest absolute Gasteiger partial charge is 0.506 e. The van der Waals surface area contributed by atoms with Crippen LogP contribution >= 0.6 is 11.6 Å². The van der Waals surface area contributed by atoms with Crippen LogP contribution in [-0.4, -0.2) is 18.2 Å². The van der Waals surface area contributed by atoms with Gasteiger partial charge < -0.3 is 10.4 Å². The van der Waals surface area contributed by atoms with Gasteiger partial charge in [0.1, 0.15) is 5.75 Å². The average molecular weight is 226 g/mol. The molecule has 1 fully saturated rings. The Morgan fingerprint density at radius 2 is 2.33 bits per heavy atom. The number of aryl methyl sites for hydroxylation is 1. The van der Waals surface area contributed by atoms with Gasteiger partial charge in [0.05, 0.1) is 5.02 Å². The van der Waals surface area contributed by atoms with Crippen LogP contribution in [0.4, 0.5) is 0 Å². The summed E-state index contributed by atoms with van der Waals surface area (Å²) in [6.07, 6.45) is 2.16. The van der Waals surface area contributed by atoms with E-state index < -0.39 is 0 Å². The standard InChI is InChI=1S/C12H16ClNO/c1-8-2-3-10(11(13)12(8)15)6-9-4-5-14-7-9/h2-3,9,14-15H,4-7H2,1H3. The fourth-order valence-electron chi connectivity index (χ4n) is 2.06. The van der Waals surface area contributed by atoms with Crippen LogP contribution in [0.5, 0.6) is 5.75 Å². The highest BCUT2D eigenvalue weighted by atomic mass is 35.5. The quantitative estimate of drug-likeness (QED) is 0.811. The van der Waals surface area contributed by atoms with Gasteiger partial charge in [-0.25, -0.2) is 0 Å². The molecule has 1 aliphatic rings. The van der Waals surface area contributed by atoms with E-state index in [0.717, 1.165) is 30.6 Å². The maximum absolute atomic E-state index is 9.71. The highest BCUT2D eigenvalue weighted by Gasteiger charge is 2.17. The van der Waals surface area contributed by atoms with Gasteiger partial charge >= 0.3 is 0 Å². The molecule has 2 N–H and O–H groups in total. The summed E-state index contributed by atoms with van der Waals surface area (Å²) < 4.78 is 0. The highest BCUT2D eigenvalue weighted by molar-refractivity contribution is 6.32. The minimum atomic E-state index is 0.236. The number of hydrogen-bond acceptors (Lipinski definition) is 2. The van der Waals surface area contributed by atoms with Crippen LogP contribution in [-0.2, 0) is 6.42 Å². The van der Waals surface area contributed by atoms with Crippen LogP contribution in [0.25, 0.3) is 0 Å². The zero-order chi connectivity index (χ0) is 10.8. The van der Waals surface area contributed by atoms with Crippen molar-refractivity contribution >= 4 is 11.6 Å². The van der Waals surface area contributed by atoms with Crippen LogP contribution in [0.3, 0.4) is 0 Å². The first-order chi connectivity index (χ1) is 7.18. The molecule has 0 aliphatic carbocycles. The lowest BCUT2D eigenvalue weighted by Crippen LogP contribution is -2.11. The predicted molar refractivity (Wildman–Crippen MR) is 62.5 cm³/mol. The summed E-state index contributed by atoms with van der Waals surface area (Å²) in [5.74, 6) is 0.893. The van der Waals surface area contributed by atoms with E-state index in [0.29, 0.717) is 10.9 Å². The third-order valence-electron chi connectivity index (χ3n) is 3.07. The molecule has 1 atom stereocenters. The first kappa shape index (κ1) is 10.8. The van der Waals surface area contributed by atoms with Crippen molar-refractivity contribution in [1.82, 2.24) is 5.32 Å². The monoisotopic (exact) mass is 225 g/mol. The SMILES string of the molecule is Cc1ccc(CC2CCNC2)c(Cl)c1O. The molecule has 1 unspecified atom stereocenters. The Hall–Kier alpha value is -0.730. The van der Waals surface area contributed by atoms with Crippen molar-refractivity contribution in [1.29, 1.82) is 0 Å². The Morgan fingerprint density at radius 1 is 1.53 bits per heavy atom. The normalized spacial score (nSPS) is 20.8. The van der Waals surface area contributed by atoms with Crippen molar-refractivity contribution in [2.75, 3.05) is 13.1 Å². The second-order valence-corrected chi connectivity index (χ2v) is 4.65. The van der Waals surface area contributed by atoms with Gasteiger partial charge in [-0.05, 0) is 49.9 Å². The van der Waals surface area contributed by atoms with E-state index >= 15 is 0 Å². The van der Waals surface area contributed by atoms with Gasteiger partial charge in [-0.1, -0.05) is 23.7 Å². The maximum atomic E-state index is 9.71. The van der Waals surface area contributed by atoms with Gasteiger partial charge in [-0.15, -0.1) is 0 Å². The Bertz CT molecular complexity index is 359. The van der Waals surface area contributed by atoms with Crippen LogP contribution in [0.2, 0.25) is 5.02 Å². The zero-order valence-corrected chi connectivity index (χ0v) is 9.64. The molecule has 1 aromatic carbocycles. The molecule has 0 aromatic heterocycles. The third kappa shape index (κ3) is 2.27. The summed E-state index contributed by atoms with van der Waals surface area (Å²) in [6.45, 7) is 4.02. The number of phenols is 1. The first-order valence-electron chi connectivity index (χ1n) is 5.36. The molecule has 82 valence electrons. The van der Waals surface area contributed by atoms with Crippen molar-refractivity contribution in [3.63, 3.8) is 0 Å². The van der Waals surface area contributed by atoms with E-state index in [-0.39, 0.29) is 5.75 Å². The second-order valence-electron chi connectivity index (χ2n) is 4.27. The van der Waals surface area contributed by atoms with Gasteiger partial charge in [0.25, 0.3) is 0 Å². The lowest BCUT2D eigenvalue weighted by molar-refractivity contribution is 0.469. The van der Waals surface area contributed by atoms with Gasteiger partial charge in [-0.2, -0.15) is 0 Å². The second kappa shape index (κ2) is 4.42. The summed E-state index contributed by atoms with van der Waals surface area (Å²) in [4.78, 5) is 0. The Labute approximate surface area is 95.3 Å². The minimum absolute atomic E-state index is 0.236. The summed E-state index contributed by atoms with van der Waals surface area (Å²) in [7, 11) is 0. The number of hydrogen-bond donors (Lipinski definition) is 2. The third-order valence-corrected chi connectivity index (χ3v) is 3.49. The van der Waals surface area contributed by atoms with Gasteiger partial charge in [0.2, 0.25) is 0 Å². The molecule has 0 spiro atoms. The van der Waals surface area contributed by atoms with Crippen molar-refractivity contribution in [3.8, 4) is 5.75 Å². The lowest BCUT2D eigenvalue weighted by Gasteiger charge is -2.11. The molecule has 0 amide bonds. The maximum Gasteiger partial charge on any atom is 0.137 e. The Morgan fingerprint density at radius 3 is 3.00 bits per heavy atom. The van der Waals surface area contributed by atoms with Crippen molar-refractivity contribution in [3.05, 3.63) is 28.3 Å². The predicted octanol–water partition coefficient (Wildman–Crippen LogP) is 2.51. The van der Waals surface area contributed by atoms with E-state index in [9.17, 15) is 5.11 Å². The van der Waals surface area contributed by atoms with Crippen LogP contribution < -0.4 is 5.32 Å². The number of benzene rings is 1. The van der Waals surface area contributed by atoms with Crippen molar-refractivity contribution in [2.24, 2.45) is 5.92 Å². The molecule has 15 heavy (non-hydrogen) atoms. The van der Waals surface area contributed by atoms with E-state index in [1.807, 2.05) is 19.1 Å². The average Bonchev–Trinajstić information content (AvgIpc) is 2.72. The van der Waals surface area contributed by atoms with Crippen LogP contribution in [0.15, 0.2) is 12.1 Å². The smallest absolute Gasteiger partial charge is 0.137 e. The molecule has 1 aliphatic heterocycles. The lowest BCUT2D eigenvalue weighted by atomic mass is 9.97. The molecule has 0 radical (unpaired) electrons. The number of nitrogens with one attached hydrogen (secondary N) is 1. The van der Waals surface area contributed by atoms with Gasteiger partial charge in [0, 0.05) is 0 Å². The van der Waals surface area contributed by atoms with E-state index in [1.165, 1.54) is 6.42 Å². The fraction of sp³-hybridized carbons (Fsp3) is 0.500. The van der Waals surface area contributed by atoms with Gasteiger partial charge in [-0.3, -0.25) is 0 Å². The molecule has 3 heteroatoms. The summed E-state index contributed by atoms with van der Waals surface area (Å²) in [5.41, 5.74) is 1.90. The number of halogens is 1. The summed E-state index contributed by atoms with van der Waals surface area (Å²) in [5, 5.41) is 13.6. The molecule has 1 heterocycles.